The van der Waals surface area contributed by atoms with Gasteiger partial charge in [-0.1, -0.05) is 164 Å². The van der Waals surface area contributed by atoms with Crippen molar-refractivity contribution < 1.29 is 8.83 Å². The monoisotopic (exact) mass is 793 g/mol. The van der Waals surface area contributed by atoms with E-state index in [1.54, 1.807) is 0 Å². The number of furan rings is 2. The van der Waals surface area contributed by atoms with Crippen molar-refractivity contribution in [2.45, 2.75) is 0 Å². The predicted octanol–water partition coefficient (Wildman–Crippen LogP) is 15.3. The summed E-state index contributed by atoms with van der Waals surface area (Å²) in [6, 6.07) is 73.4. The van der Waals surface area contributed by atoms with Crippen LogP contribution in [0.2, 0.25) is 0 Å². The fraction of sp³-hybridized carbons (Fsp3) is 0. The number of hydrogen-bond acceptors (Lipinski definition) is 5. The van der Waals surface area contributed by atoms with Gasteiger partial charge in [-0.3, -0.25) is 0 Å². The van der Waals surface area contributed by atoms with Crippen LogP contribution in [0.3, 0.4) is 0 Å². The average molecular weight is 794 g/mol. The van der Waals surface area contributed by atoms with Crippen molar-refractivity contribution in [2.24, 2.45) is 0 Å². The Morgan fingerprint density at radius 1 is 0.258 bits per heavy atom. The minimum Gasteiger partial charge on any atom is -0.456 e. The van der Waals surface area contributed by atoms with E-state index in [1.807, 2.05) is 66.7 Å². The molecule has 0 bridgehead atoms. The Hall–Kier alpha value is -8.41. The maximum atomic E-state index is 6.71. The maximum Gasteiger partial charge on any atom is 0.164 e. The second kappa shape index (κ2) is 14.7. The van der Waals surface area contributed by atoms with Crippen molar-refractivity contribution >= 4 is 43.9 Å². The van der Waals surface area contributed by atoms with Crippen LogP contribution >= 0.6 is 0 Å². The third kappa shape index (κ3) is 6.23. The number of nitrogens with zero attached hydrogens (tertiary/aromatic N) is 3. The molecule has 0 fully saturated rings. The minimum absolute atomic E-state index is 0.600. The Bertz CT molecular complexity index is 3550. The highest BCUT2D eigenvalue weighted by atomic mass is 16.3. The van der Waals surface area contributed by atoms with E-state index in [4.69, 9.17) is 23.8 Å². The lowest BCUT2D eigenvalue weighted by Crippen LogP contribution is -2.00. The highest BCUT2D eigenvalue weighted by Gasteiger charge is 2.20. The summed E-state index contributed by atoms with van der Waals surface area (Å²) in [5.41, 5.74) is 14.9. The van der Waals surface area contributed by atoms with Crippen LogP contribution in [0.15, 0.2) is 221 Å². The molecule has 9 aromatic carbocycles. The Morgan fingerprint density at radius 3 is 1.35 bits per heavy atom. The SMILES string of the molecule is c1ccc(-c2cc(-c3ccccc3)cc(-c3nc(-c4ccccc4)nc(-c4ccc(-c5ccc(-c6ccc7oc8ccccc8c7c6)c6oc7ccccc7c56)cc4)n3)c2)cc1. The molecule has 5 heteroatoms. The summed E-state index contributed by atoms with van der Waals surface area (Å²) >= 11 is 0. The van der Waals surface area contributed by atoms with Crippen molar-refractivity contribution in [2.75, 3.05) is 0 Å². The van der Waals surface area contributed by atoms with Gasteiger partial charge < -0.3 is 8.83 Å². The van der Waals surface area contributed by atoms with Gasteiger partial charge in [-0.05, 0) is 87.5 Å². The molecule has 0 spiro atoms. The molecule has 0 aliphatic carbocycles. The molecule has 0 amide bonds. The first-order valence-corrected chi connectivity index (χ1v) is 20.7. The lowest BCUT2D eigenvalue weighted by molar-refractivity contribution is 0.668. The lowest BCUT2D eigenvalue weighted by atomic mass is 9.93. The van der Waals surface area contributed by atoms with E-state index in [0.717, 1.165) is 105 Å². The van der Waals surface area contributed by atoms with Gasteiger partial charge in [0, 0.05) is 43.8 Å². The lowest BCUT2D eigenvalue weighted by Gasteiger charge is -2.13. The zero-order valence-corrected chi connectivity index (χ0v) is 33.4. The van der Waals surface area contributed by atoms with Gasteiger partial charge in [-0.25, -0.2) is 15.0 Å². The molecule has 0 unspecified atom stereocenters. The number of rotatable bonds is 7. The second-order valence-electron chi connectivity index (χ2n) is 15.6. The van der Waals surface area contributed by atoms with Crippen molar-refractivity contribution in [1.82, 2.24) is 15.0 Å². The van der Waals surface area contributed by atoms with Crippen molar-refractivity contribution in [1.29, 1.82) is 0 Å². The zero-order chi connectivity index (χ0) is 41.0. The number of hydrogen-bond donors (Lipinski definition) is 0. The van der Waals surface area contributed by atoms with Gasteiger partial charge in [0.15, 0.2) is 17.5 Å². The topological polar surface area (TPSA) is 65.0 Å². The van der Waals surface area contributed by atoms with Crippen LogP contribution in [0.1, 0.15) is 0 Å². The summed E-state index contributed by atoms with van der Waals surface area (Å²) in [6.45, 7) is 0. The highest BCUT2D eigenvalue weighted by Crippen LogP contribution is 2.43. The quantitative estimate of drug-likeness (QED) is 0.161. The normalized spacial score (nSPS) is 11.5. The fourth-order valence-corrected chi connectivity index (χ4v) is 8.69. The molecule has 0 aliphatic heterocycles. The molecule has 290 valence electrons. The molecule has 0 N–H and O–H groups in total. The molecular weight excluding hydrogens is 759 g/mol. The first-order chi connectivity index (χ1) is 30.7. The summed E-state index contributed by atoms with van der Waals surface area (Å²) in [4.78, 5) is 15.4. The number of fused-ring (bicyclic) bond motifs is 6. The maximum absolute atomic E-state index is 6.71. The molecule has 12 aromatic rings. The Labute approximate surface area is 357 Å². The largest absolute Gasteiger partial charge is 0.456 e. The van der Waals surface area contributed by atoms with Gasteiger partial charge >= 0.3 is 0 Å². The van der Waals surface area contributed by atoms with Gasteiger partial charge in [0.1, 0.15) is 22.3 Å². The summed E-state index contributed by atoms with van der Waals surface area (Å²) in [5, 5.41) is 4.32. The summed E-state index contributed by atoms with van der Waals surface area (Å²) in [5.74, 6) is 1.82. The third-order valence-electron chi connectivity index (χ3n) is 11.7. The predicted molar refractivity (Wildman–Crippen MR) is 252 cm³/mol. The van der Waals surface area contributed by atoms with Gasteiger partial charge in [0.25, 0.3) is 0 Å². The smallest absolute Gasteiger partial charge is 0.164 e. The molecule has 0 radical (unpaired) electrons. The van der Waals surface area contributed by atoms with Crippen LogP contribution in [0.25, 0.3) is 123 Å². The molecule has 3 heterocycles. The summed E-state index contributed by atoms with van der Waals surface area (Å²) in [6.07, 6.45) is 0. The number of benzene rings is 9. The van der Waals surface area contributed by atoms with Crippen LogP contribution in [0, 0.1) is 0 Å². The van der Waals surface area contributed by atoms with Gasteiger partial charge in [0.05, 0.1) is 0 Å². The van der Waals surface area contributed by atoms with Crippen molar-refractivity contribution in [3.63, 3.8) is 0 Å². The first kappa shape index (κ1) is 35.5. The molecule has 5 nitrogen and oxygen atoms in total. The molecule has 62 heavy (non-hydrogen) atoms. The molecule has 0 saturated heterocycles. The minimum atomic E-state index is 0.600. The Balaban J connectivity index is 0.982. The highest BCUT2D eigenvalue weighted by molar-refractivity contribution is 6.17. The van der Waals surface area contributed by atoms with E-state index in [1.165, 1.54) is 0 Å². The van der Waals surface area contributed by atoms with E-state index in [-0.39, 0.29) is 0 Å². The van der Waals surface area contributed by atoms with E-state index in [2.05, 4.69) is 146 Å². The Kier molecular flexibility index (Phi) is 8.42. The van der Waals surface area contributed by atoms with Crippen LogP contribution in [-0.2, 0) is 0 Å². The fourth-order valence-electron chi connectivity index (χ4n) is 8.69. The molecule has 0 aliphatic rings. The van der Waals surface area contributed by atoms with Gasteiger partial charge in [-0.15, -0.1) is 0 Å². The zero-order valence-electron chi connectivity index (χ0n) is 33.4. The Morgan fingerprint density at radius 2 is 0.710 bits per heavy atom. The van der Waals surface area contributed by atoms with Gasteiger partial charge in [-0.2, -0.15) is 0 Å². The summed E-state index contributed by atoms with van der Waals surface area (Å²) < 4.78 is 12.9. The van der Waals surface area contributed by atoms with E-state index in [9.17, 15) is 0 Å². The molecule has 12 rings (SSSR count). The third-order valence-corrected chi connectivity index (χ3v) is 11.7. The van der Waals surface area contributed by atoms with Gasteiger partial charge in [0.2, 0.25) is 0 Å². The van der Waals surface area contributed by atoms with E-state index >= 15 is 0 Å². The van der Waals surface area contributed by atoms with Crippen molar-refractivity contribution in [3.8, 4) is 78.7 Å². The number of aromatic nitrogens is 3. The van der Waals surface area contributed by atoms with Crippen LogP contribution < -0.4 is 0 Å². The molecule has 0 saturated carbocycles. The van der Waals surface area contributed by atoms with Crippen LogP contribution in [-0.4, -0.2) is 15.0 Å². The number of para-hydroxylation sites is 2. The standard InChI is InChI=1S/C57H35N3O2/c1-4-14-36(15-5-1)42-32-43(37-16-6-2-7-17-37)34-44(33-42)57-59-55(39-18-8-3-9-19-39)58-56(60-57)40-26-24-38(25-27-40)45-29-30-46(54-53(45)48-21-11-13-23-51(48)62-54)41-28-31-52-49(35-41)47-20-10-12-22-50(47)61-52/h1-35H. The first-order valence-electron chi connectivity index (χ1n) is 20.7. The molecule has 3 aromatic heterocycles. The average Bonchev–Trinajstić information content (AvgIpc) is 3.93. The van der Waals surface area contributed by atoms with Crippen LogP contribution in [0.4, 0.5) is 0 Å². The van der Waals surface area contributed by atoms with E-state index in [0.29, 0.717) is 17.5 Å². The second-order valence-corrected chi connectivity index (χ2v) is 15.6. The van der Waals surface area contributed by atoms with E-state index < -0.39 is 0 Å². The van der Waals surface area contributed by atoms with Crippen LogP contribution in [0.5, 0.6) is 0 Å². The van der Waals surface area contributed by atoms with Crippen molar-refractivity contribution in [3.05, 3.63) is 212 Å². The summed E-state index contributed by atoms with van der Waals surface area (Å²) in [7, 11) is 0. The molecular formula is C57H35N3O2. The molecule has 0 atom stereocenters.